The summed E-state index contributed by atoms with van der Waals surface area (Å²) in [5.74, 6) is -0.539. The van der Waals surface area contributed by atoms with Gasteiger partial charge in [0.05, 0.1) is 7.11 Å². The van der Waals surface area contributed by atoms with Gasteiger partial charge in [-0.15, -0.1) is 0 Å². The number of rotatable bonds is 5. The van der Waals surface area contributed by atoms with Crippen molar-refractivity contribution in [3.8, 4) is 5.75 Å². The van der Waals surface area contributed by atoms with E-state index >= 15 is 0 Å². The minimum absolute atomic E-state index is 0.252. The van der Waals surface area contributed by atoms with E-state index in [9.17, 15) is 9.59 Å². The van der Waals surface area contributed by atoms with Gasteiger partial charge < -0.3 is 14.7 Å². The SMILES string of the molecule is COc1ccc(C(C)N2CCN(C(=O)CC(=O)O)CC2)cc1. The van der Waals surface area contributed by atoms with Crippen LogP contribution in [0.4, 0.5) is 0 Å². The zero-order chi connectivity index (χ0) is 16.1. The van der Waals surface area contributed by atoms with Crippen LogP contribution in [0.5, 0.6) is 5.75 Å². The molecular formula is C16H22N2O4. The first-order valence-corrected chi connectivity index (χ1v) is 7.39. The van der Waals surface area contributed by atoms with Crippen LogP contribution in [0.15, 0.2) is 24.3 Å². The van der Waals surface area contributed by atoms with E-state index in [-0.39, 0.29) is 11.9 Å². The second-order valence-corrected chi connectivity index (χ2v) is 5.44. The van der Waals surface area contributed by atoms with Crippen molar-refractivity contribution < 1.29 is 19.4 Å². The number of hydrogen-bond donors (Lipinski definition) is 1. The number of aliphatic carboxylic acids is 1. The number of carboxylic acid groups (broad SMARTS) is 1. The van der Waals surface area contributed by atoms with Crippen molar-refractivity contribution in [3.63, 3.8) is 0 Å². The molecule has 1 N–H and O–H groups in total. The summed E-state index contributed by atoms with van der Waals surface area (Å²) in [6, 6.07) is 8.23. The lowest BCUT2D eigenvalue weighted by Crippen LogP contribution is -2.49. The second kappa shape index (κ2) is 7.26. The number of benzene rings is 1. The zero-order valence-corrected chi connectivity index (χ0v) is 13.0. The summed E-state index contributed by atoms with van der Waals surface area (Å²) < 4.78 is 5.16. The molecule has 0 bridgehead atoms. The minimum Gasteiger partial charge on any atom is -0.497 e. The van der Waals surface area contributed by atoms with Crippen LogP contribution < -0.4 is 4.74 Å². The van der Waals surface area contributed by atoms with Gasteiger partial charge in [-0.1, -0.05) is 12.1 Å². The summed E-state index contributed by atoms with van der Waals surface area (Å²) in [4.78, 5) is 26.3. The van der Waals surface area contributed by atoms with Gasteiger partial charge in [-0.3, -0.25) is 14.5 Å². The third-order valence-corrected chi connectivity index (χ3v) is 4.12. The first-order chi connectivity index (χ1) is 10.5. The topological polar surface area (TPSA) is 70.1 Å². The number of methoxy groups -OCH3 is 1. The van der Waals surface area contributed by atoms with Crippen molar-refractivity contribution in [1.29, 1.82) is 0 Å². The smallest absolute Gasteiger partial charge is 0.312 e. The van der Waals surface area contributed by atoms with Gasteiger partial charge in [-0.2, -0.15) is 0 Å². The summed E-state index contributed by atoms with van der Waals surface area (Å²) in [5, 5.41) is 8.68. The van der Waals surface area contributed by atoms with Gasteiger partial charge in [0.2, 0.25) is 5.91 Å². The summed E-state index contributed by atoms with van der Waals surface area (Å²) in [5.41, 5.74) is 1.20. The van der Waals surface area contributed by atoms with Crippen LogP contribution >= 0.6 is 0 Å². The molecule has 1 atom stereocenters. The molecule has 22 heavy (non-hydrogen) atoms. The molecule has 120 valence electrons. The first kappa shape index (κ1) is 16.3. The number of hydrogen-bond acceptors (Lipinski definition) is 4. The molecular weight excluding hydrogens is 284 g/mol. The predicted molar refractivity (Wildman–Crippen MR) is 81.8 cm³/mol. The van der Waals surface area contributed by atoms with Crippen LogP contribution in [-0.4, -0.2) is 60.1 Å². The second-order valence-electron chi connectivity index (χ2n) is 5.44. The van der Waals surface area contributed by atoms with Crippen molar-refractivity contribution in [2.24, 2.45) is 0 Å². The van der Waals surface area contributed by atoms with Crippen molar-refractivity contribution in [3.05, 3.63) is 29.8 Å². The minimum atomic E-state index is -1.07. The number of ether oxygens (including phenoxy) is 1. The molecule has 1 aliphatic heterocycles. The van der Waals surface area contributed by atoms with Crippen molar-refractivity contribution in [2.75, 3.05) is 33.3 Å². The van der Waals surface area contributed by atoms with E-state index in [1.165, 1.54) is 5.56 Å². The number of carbonyl (C=O) groups is 2. The molecule has 1 amide bonds. The van der Waals surface area contributed by atoms with Gasteiger partial charge in [-0.05, 0) is 24.6 Å². The van der Waals surface area contributed by atoms with Gasteiger partial charge in [0.15, 0.2) is 0 Å². The lowest BCUT2D eigenvalue weighted by Gasteiger charge is -2.38. The maximum atomic E-state index is 11.7. The number of amides is 1. The Kier molecular flexibility index (Phi) is 5.38. The van der Waals surface area contributed by atoms with Crippen LogP contribution in [0.25, 0.3) is 0 Å². The monoisotopic (exact) mass is 306 g/mol. The molecule has 0 spiro atoms. The highest BCUT2D eigenvalue weighted by atomic mass is 16.5. The summed E-state index contributed by atoms with van der Waals surface area (Å²) in [6.07, 6.45) is -0.423. The van der Waals surface area contributed by atoms with Gasteiger partial charge in [0.25, 0.3) is 0 Å². The molecule has 0 aliphatic carbocycles. The van der Waals surface area contributed by atoms with Crippen molar-refractivity contribution in [2.45, 2.75) is 19.4 Å². The quantitative estimate of drug-likeness (QED) is 0.832. The molecule has 1 aromatic rings. The zero-order valence-electron chi connectivity index (χ0n) is 13.0. The Morgan fingerprint density at radius 3 is 2.27 bits per heavy atom. The van der Waals surface area contributed by atoms with E-state index in [2.05, 4.69) is 11.8 Å². The fourth-order valence-corrected chi connectivity index (χ4v) is 2.69. The highest BCUT2D eigenvalue weighted by Gasteiger charge is 2.25. The van der Waals surface area contributed by atoms with E-state index in [1.807, 2.05) is 24.3 Å². The predicted octanol–water partition coefficient (Wildman–Crippen LogP) is 1.38. The lowest BCUT2D eigenvalue weighted by molar-refractivity contribution is -0.145. The number of carbonyl (C=O) groups excluding carboxylic acids is 1. The van der Waals surface area contributed by atoms with E-state index < -0.39 is 12.4 Å². The van der Waals surface area contributed by atoms with Crippen LogP contribution in [0, 0.1) is 0 Å². The third kappa shape index (κ3) is 3.98. The maximum Gasteiger partial charge on any atom is 0.312 e. The Labute approximate surface area is 130 Å². The fourth-order valence-electron chi connectivity index (χ4n) is 2.69. The molecule has 6 nitrogen and oxygen atoms in total. The van der Waals surface area contributed by atoms with Gasteiger partial charge in [0.1, 0.15) is 12.2 Å². The van der Waals surface area contributed by atoms with E-state index in [0.717, 1.165) is 18.8 Å². The van der Waals surface area contributed by atoms with Crippen LogP contribution in [0.2, 0.25) is 0 Å². The molecule has 1 unspecified atom stereocenters. The highest BCUT2D eigenvalue weighted by molar-refractivity contribution is 5.93. The summed E-state index contributed by atoms with van der Waals surface area (Å²) in [6.45, 7) is 4.78. The normalized spacial score (nSPS) is 17.1. The molecule has 1 fully saturated rings. The van der Waals surface area contributed by atoms with Crippen LogP contribution in [-0.2, 0) is 9.59 Å². The first-order valence-electron chi connectivity index (χ1n) is 7.39. The Morgan fingerprint density at radius 1 is 1.18 bits per heavy atom. The van der Waals surface area contributed by atoms with Gasteiger partial charge in [0, 0.05) is 32.2 Å². The van der Waals surface area contributed by atoms with Gasteiger partial charge >= 0.3 is 5.97 Å². The Morgan fingerprint density at radius 2 is 1.77 bits per heavy atom. The molecule has 2 rings (SSSR count). The van der Waals surface area contributed by atoms with E-state index in [4.69, 9.17) is 9.84 Å². The molecule has 1 aromatic carbocycles. The van der Waals surface area contributed by atoms with Crippen LogP contribution in [0.1, 0.15) is 24.9 Å². The maximum absolute atomic E-state index is 11.7. The van der Waals surface area contributed by atoms with E-state index in [0.29, 0.717) is 13.1 Å². The number of nitrogens with zero attached hydrogens (tertiary/aromatic N) is 2. The molecule has 0 radical (unpaired) electrons. The molecule has 1 aliphatic rings. The molecule has 1 saturated heterocycles. The lowest BCUT2D eigenvalue weighted by atomic mass is 10.1. The highest BCUT2D eigenvalue weighted by Crippen LogP contribution is 2.23. The third-order valence-electron chi connectivity index (χ3n) is 4.12. The Bertz CT molecular complexity index is 521. The average Bonchev–Trinajstić information content (AvgIpc) is 2.54. The molecule has 6 heteroatoms. The summed E-state index contributed by atoms with van der Waals surface area (Å²) in [7, 11) is 1.64. The standard InChI is InChI=1S/C16H22N2O4/c1-12(13-3-5-14(22-2)6-4-13)17-7-9-18(10-8-17)15(19)11-16(20)21/h3-6,12H,7-11H2,1-2H3,(H,20,21). The van der Waals surface area contributed by atoms with Crippen LogP contribution in [0.3, 0.4) is 0 Å². The Balaban J connectivity index is 1.90. The summed E-state index contributed by atoms with van der Waals surface area (Å²) >= 11 is 0. The molecule has 0 saturated carbocycles. The van der Waals surface area contributed by atoms with Crippen molar-refractivity contribution >= 4 is 11.9 Å². The molecule has 0 aromatic heterocycles. The van der Waals surface area contributed by atoms with Crippen molar-refractivity contribution in [1.82, 2.24) is 9.80 Å². The Hall–Kier alpha value is -2.08. The molecule has 1 heterocycles. The number of piperazine rings is 1. The number of carboxylic acids is 1. The largest absolute Gasteiger partial charge is 0.497 e. The fraction of sp³-hybridized carbons (Fsp3) is 0.500. The van der Waals surface area contributed by atoms with Gasteiger partial charge in [-0.25, -0.2) is 0 Å². The average molecular weight is 306 g/mol. The van der Waals surface area contributed by atoms with E-state index in [1.54, 1.807) is 12.0 Å².